The molecule has 0 aliphatic rings. The van der Waals surface area contributed by atoms with Crippen LogP contribution in [0.1, 0.15) is 264 Å². The first-order chi connectivity index (χ1) is 27.4. The van der Waals surface area contributed by atoms with Gasteiger partial charge in [0.15, 0.2) is 0 Å². The maximum atomic E-state index is 12.8. The monoisotopic (exact) mass is 817 g/mol. The maximum Gasteiger partial charge on any atom is 0.472 e. The standard InChI is InChI=1S/C47H97N2O6P/c1-3-5-7-9-11-13-15-17-19-21-22-23-24-25-27-29-31-33-35-37-39-41-47(51)49-45(44-55-56(52,53)54-43-42-48)46(50)40-38-36-34-32-30-28-26-20-18-16-14-12-10-8-6-4-2/h45-46,50H,3-44,48H2,1-2H3,(H,49,51)(H,52,53)/t45-,46+/m0/s1. The van der Waals surface area contributed by atoms with Crippen LogP contribution >= 0.6 is 7.82 Å². The van der Waals surface area contributed by atoms with E-state index in [0.717, 1.165) is 38.5 Å². The lowest BCUT2D eigenvalue weighted by molar-refractivity contribution is -0.123. The topological polar surface area (TPSA) is 131 Å². The molecule has 336 valence electrons. The Hall–Kier alpha value is -0.500. The van der Waals surface area contributed by atoms with Crippen LogP contribution in [0.3, 0.4) is 0 Å². The van der Waals surface area contributed by atoms with E-state index in [1.54, 1.807) is 0 Å². The van der Waals surface area contributed by atoms with Gasteiger partial charge in [-0.3, -0.25) is 13.8 Å². The number of nitrogens with two attached hydrogens (primary N) is 1. The smallest absolute Gasteiger partial charge is 0.391 e. The predicted molar refractivity (Wildman–Crippen MR) is 240 cm³/mol. The van der Waals surface area contributed by atoms with Crippen molar-refractivity contribution < 1.29 is 28.4 Å². The Morgan fingerprint density at radius 2 is 0.821 bits per heavy atom. The van der Waals surface area contributed by atoms with Crippen LogP contribution in [0.5, 0.6) is 0 Å². The number of nitrogens with one attached hydrogen (secondary N) is 1. The second-order valence-corrected chi connectivity index (χ2v) is 18.5. The van der Waals surface area contributed by atoms with Crippen LogP contribution in [0, 0.1) is 0 Å². The summed E-state index contributed by atoms with van der Waals surface area (Å²) in [7, 11) is -4.31. The Balaban J connectivity index is 4.02. The van der Waals surface area contributed by atoms with Crippen LogP contribution in [0.25, 0.3) is 0 Å². The van der Waals surface area contributed by atoms with Crippen LogP contribution in [0.4, 0.5) is 0 Å². The van der Waals surface area contributed by atoms with E-state index >= 15 is 0 Å². The molecule has 0 spiro atoms. The number of hydrogen-bond acceptors (Lipinski definition) is 6. The third-order valence-corrected chi connectivity index (χ3v) is 12.4. The Morgan fingerprint density at radius 3 is 1.14 bits per heavy atom. The molecule has 56 heavy (non-hydrogen) atoms. The molecule has 0 aliphatic carbocycles. The zero-order chi connectivity index (χ0) is 41.1. The molecule has 0 aromatic heterocycles. The number of carbonyl (C=O) groups is 1. The fraction of sp³-hybridized carbons (Fsp3) is 0.979. The molecule has 0 radical (unpaired) electrons. The van der Waals surface area contributed by atoms with E-state index in [2.05, 4.69) is 19.2 Å². The van der Waals surface area contributed by atoms with E-state index in [0.29, 0.717) is 12.8 Å². The zero-order valence-electron chi connectivity index (χ0n) is 37.4. The van der Waals surface area contributed by atoms with Gasteiger partial charge in [0.05, 0.1) is 25.4 Å². The summed E-state index contributed by atoms with van der Waals surface area (Å²) in [6, 6.07) is -0.768. The van der Waals surface area contributed by atoms with Crippen molar-refractivity contribution in [2.24, 2.45) is 5.73 Å². The van der Waals surface area contributed by atoms with Crippen molar-refractivity contribution in [3.8, 4) is 0 Å². The summed E-state index contributed by atoms with van der Waals surface area (Å²) >= 11 is 0. The highest BCUT2D eigenvalue weighted by Gasteiger charge is 2.27. The van der Waals surface area contributed by atoms with Gasteiger partial charge in [0.1, 0.15) is 0 Å². The Bertz CT molecular complexity index is 849. The molecule has 0 aromatic rings. The van der Waals surface area contributed by atoms with E-state index in [1.807, 2.05) is 0 Å². The van der Waals surface area contributed by atoms with Crippen LogP contribution in [-0.4, -0.2) is 47.8 Å². The minimum Gasteiger partial charge on any atom is -0.391 e. The number of aliphatic hydroxyl groups is 1. The quantitative estimate of drug-likeness (QED) is 0.0355. The highest BCUT2D eigenvalue weighted by Crippen LogP contribution is 2.43. The summed E-state index contributed by atoms with van der Waals surface area (Å²) in [4.78, 5) is 22.8. The maximum absolute atomic E-state index is 12.8. The molecule has 0 rings (SSSR count). The molecule has 0 saturated carbocycles. The highest BCUT2D eigenvalue weighted by molar-refractivity contribution is 7.47. The lowest BCUT2D eigenvalue weighted by Gasteiger charge is -2.25. The van der Waals surface area contributed by atoms with E-state index < -0.39 is 20.0 Å². The number of phosphoric ester groups is 1. The van der Waals surface area contributed by atoms with Gasteiger partial charge in [-0.05, 0) is 12.8 Å². The third kappa shape index (κ3) is 41.7. The minimum atomic E-state index is -4.31. The summed E-state index contributed by atoms with van der Waals surface area (Å²) in [5.41, 5.74) is 5.39. The number of carbonyl (C=O) groups excluding carboxylic acids is 1. The van der Waals surface area contributed by atoms with Gasteiger partial charge in [0.25, 0.3) is 0 Å². The van der Waals surface area contributed by atoms with Gasteiger partial charge >= 0.3 is 7.82 Å². The Labute approximate surface area is 348 Å². The lowest BCUT2D eigenvalue weighted by Crippen LogP contribution is -2.46. The van der Waals surface area contributed by atoms with E-state index in [-0.39, 0.29) is 25.7 Å². The SMILES string of the molecule is CCCCCCCCCCCCCCCCCCCCCCCC(=O)N[C@@H](COP(=O)(O)OCCN)[C@H](O)CCCCCCCCCCCCCCCCCC. The number of hydrogen-bond donors (Lipinski definition) is 4. The van der Waals surface area contributed by atoms with E-state index in [9.17, 15) is 19.4 Å². The van der Waals surface area contributed by atoms with Crippen LogP contribution in [0.15, 0.2) is 0 Å². The second-order valence-electron chi connectivity index (χ2n) is 17.0. The fourth-order valence-electron chi connectivity index (χ4n) is 7.73. The van der Waals surface area contributed by atoms with Crippen LogP contribution < -0.4 is 11.1 Å². The molecule has 0 fully saturated rings. The van der Waals surface area contributed by atoms with Crippen molar-refractivity contribution >= 4 is 13.7 Å². The predicted octanol–water partition coefficient (Wildman–Crippen LogP) is 14.2. The molecule has 0 aliphatic heterocycles. The largest absolute Gasteiger partial charge is 0.472 e. The van der Waals surface area contributed by atoms with Crippen molar-refractivity contribution in [1.29, 1.82) is 0 Å². The molecular formula is C47H97N2O6P. The van der Waals surface area contributed by atoms with Gasteiger partial charge in [0.2, 0.25) is 5.91 Å². The summed E-state index contributed by atoms with van der Waals surface area (Å²) < 4.78 is 22.2. The second kappa shape index (κ2) is 44.1. The molecule has 3 atom stereocenters. The molecule has 0 heterocycles. The molecule has 0 aromatic carbocycles. The number of unbranched alkanes of at least 4 members (excludes halogenated alkanes) is 35. The van der Waals surface area contributed by atoms with Crippen molar-refractivity contribution in [3.05, 3.63) is 0 Å². The summed E-state index contributed by atoms with van der Waals surface area (Å²) in [5, 5.41) is 13.9. The normalized spacial score (nSPS) is 13.9. The van der Waals surface area contributed by atoms with Crippen LogP contribution in [-0.2, 0) is 18.4 Å². The molecule has 0 saturated heterocycles. The number of rotatable bonds is 47. The Morgan fingerprint density at radius 1 is 0.518 bits per heavy atom. The van der Waals surface area contributed by atoms with Crippen molar-refractivity contribution in [3.63, 3.8) is 0 Å². The number of aliphatic hydroxyl groups excluding tert-OH is 1. The summed E-state index contributed by atoms with van der Waals surface area (Å²) in [6.45, 7) is 4.25. The summed E-state index contributed by atoms with van der Waals surface area (Å²) in [5.74, 6) is -0.155. The lowest BCUT2D eigenvalue weighted by atomic mass is 10.0. The van der Waals surface area contributed by atoms with Gasteiger partial charge in [-0.15, -0.1) is 0 Å². The minimum absolute atomic E-state index is 0.0927. The van der Waals surface area contributed by atoms with Gasteiger partial charge in [-0.1, -0.05) is 245 Å². The van der Waals surface area contributed by atoms with Gasteiger partial charge in [-0.25, -0.2) is 4.57 Å². The third-order valence-electron chi connectivity index (χ3n) is 11.5. The van der Waals surface area contributed by atoms with Crippen LogP contribution in [0.2, 0.25) is 0 Å². The molecular weight excluding hydrogens is 719 g/mol. The number of amides is 1. The molecule has 9 heteroatoms. The van der Waals surface area contributed by atoms with Gasteiger partial charge in [-0.2, -0.15) is 0 Å². The average molecular weight is 817 g/mol. The van der Waals surface area contributed by atoms with Crippen molar-refractivity contribution in [1.82, 2.24) is 5.32 Å². The number of phosphoric acid groups is 1. The molecule has 1 amide bonds. The zero-order valence-corrected chi connectivity index (χ0v) is 38.3. The first-order valence-corrected chi connectivity index (χ1v) is 26.1. The van der Waals surface area contributed by atoms with Crippen molar-refractivity contribution in [2.75, 3.05) is 19.8 Å². The molecule has 1 unspecified atom stereocenters. The van der Waals surface area contributed by atoms with Gasteiger partial charge < -0.3 is 21.1 Å². The van der Waals surface area contributed by atoms with E-state index in [4.69, 9.17) is 14.8 Å². The summed E-state index contributed by atoms with van der Waals surface area (Å²) in [6.07, 6.45) is 48.3. The average Bonchev–Trinajstić information content (AvgIpc) is 3.19. The first-order valence-electron chi connectivity index (χ1n) is 24.7. The van der Waals surface area contributed by atoms with Crippen molar-refractivity contribution in [2.45, 2.75) is 276 Å². The molecule has 5 N–H and O–H groups in total. The van der Waals surface area contributed by atoms with E-state index in [1.165, 1.54) is 199 Å². The molecule has 8 nitrogen and oxygen atoms in total. The first kappa shape index (κ1) is 55.5. The Kier molecular flexibility index (Phi) is 43.7. The highest BCUT2D eigenvalue weighted by atomic mass is 31.2. The van der Waals surface area contributed by atoms with Gasteiger partial charge in [0, 0.05) is 13.0 Å². The molecule has 0 bridgehead atoms. The fourth-order valence-corrected chi connectivity index (χ4v) is 8.49.